The molecule has 0 heterocycles. The van der Waals surface area contributed by atoms with Crippen molar-refractivity contribution in [2.24, 2.45) is 5.92 Å². The summed E-state index contributed by atoms with van der Waals surface area (Å²) in [6.07, 6.45) is 1.41. The Labute approximate surface area is 115 Å². The topological polar surface area (TPSA) is 66.6 Å². The summed E-state index contributed by atoms with van der Waals surface area (Å²) >= 11 is 3.32. The van der Waals surface area contributed by atoms with E-state index < -0.39 is 0 Å². The summed E-state index contributed by atoms with van der Waals surface area (Å²) in [5, 5.41) is 9.23. The molecule has 1 saturated carbocycles. The molecule has 1 aliphatic rings. The van der Waals surface area contributed by atoms with Crippen LogP contribution in [0.15, 0.2) is 22.7 Å². The van der Waals surface area contributed by atoms with Gasteiger partial charge in [0, 0.05) is 29.3 Å². The Morgan fingerprint density at radius 3 is 2.78 bits per heavy atom. The molecule has 0 aliphatic heterocycles. The van der Waals surface area contributed by atoms with Crippen LogP contribution < -0.4 is 5.73 Å². The van der Waals surface area contributed by atoms with Gasteiger partial charge in [0.25, 0.3) is 5.91 Å². The molecule has 98 valence electrons. The fourth-order valence-electron chi connectivity index (χ4n) is 2.20. The minimum absolute atomic E-state index is 0.0166. The first-order chi connectivity index (χ1) is 8.47. The largest absolute Gasteiger partial charge is 0.398 e. The van der Waals surface area contributed by atoms with E-state index in [1.165, 1.54) is 0 Å². The smallest absolute Gasteiger partial charge is 0.253 e. The third-order valence-electron chi connectivity index (χ3n) is 3.34. The van der Waals surface area contributed by atoms with Gasteiger partial charge in [-0.3, -0.25) is 4.79 Å². The van der Waals surface area contributed by atoms with Gasteiger partial charge < -0.3 is 15.7 Å². The number of amides is 1. The van der Waals surface area contributed by atoms with Crippen molar-refractivity contribution in [1.29, 1.82) is 0 Å². The molecule has 1 aliphatic carbocycles. The van der Waals surface area contributed by atoms with Crippen molar-refractivity contribution in [2.75, 3.05) is 19.3 Å². The lowest BCUT2D eigenvalue weighted by atomic mass is 9.82. The lowest BCUT2D eigenvalue weighted by Gasteiger charge is -2.34. The molecule has 0 saturated heterocycles. The number of carbonyl (C=O) groups is 1. The molecule has 1 fully saturated rings. The van der Waals surface area contributed by atoms with E-state index in [0.717, 1.165) is 17.3 Å². The van der Waals surface area contributed by atoms with Gasteiger partial charge >= 0.3 is 0 Å². The fourth-order valence-corrected chi connectivity index (χ4v) is 2.58. The van der Waals surface area contributed by atoms with E-state index in [9.17, 15) is 9.90 Å². The van der Waals surface area contributed by atoms with Crippen LogP contribution >= 0.6 is 15.9 Å². The normalized spacial score (nSPS) is 22.4. The highest BCUT2D eigenvalue weighted by Crippen LogP contribution is 2.28. The average Bonchev–Trinajstić information content (AvgIpc) is 2.29. The van der Waals surface area contributed by atoms with Crippen molar-refractivity contribution in [3.05, 3.63) is 28.2 Å². The van der Waals surface area contributed by atoms with Crippen LogP contribution in [0.25, 0.3) is 0 Å². The zero-order valence-corrected chi connectivity index (χ0v) is 11.9. The van der Waals surface area contributed by atoms with E-state index in [2.05, 4.69) is 15.9 Å². The number of nitrogens with zero attached hydrogens (tertiary/aromatic N) is 1. The number of rotatable bonds is 3. The number of anilines is 1. The van der Waals surface area contributed by atoms with Gasteiger partial charge in [-0.25, -0.2) is 0 Å². The molecule has 3 N–H and O–H groups in total. The fraction of sp³-hybridized carbons (Fsp3) is 0.462. The maximum absolute atomic E-state index is 12.2. The number of hydrogen-bond acceptors (Lipinski definition) is 3. The van der Waals surface area contributed by atoms with Gasteiger partial charge in [-0.05, 0) is 52.9 Å². The summed E-state index contributed by atoms with van der Waals surface area (Å²) in [7, 11) is 1.79. The molecule has 18 heavy (non-hydrogen) atoms. The summed E-state index contributed by atoms with van der Waals surface area (Å²) in [5.74, 6) is 0.406. The van der Waals surface area contributed by atoms with Crippen LogP contribution in [-0.2, 0) is 0 Å². The average molecular weight is 313 g/mol. The van der Waals surface area contributed by atoms with Crippen molar-refractivity contribution in [3.8, 4) is 0 Å². The van der Waals surface area contributed by atoms with Gasteiger partial charge in [-0.2, -0.15) is 0 Å². The first-order valence-electron chi connectivity index (χ1n) is 5.96. The van der Waals surface area contributed by atoms with Crippen LogP contribution in [-0.4, -0.2) is 35.6 Å². The monoisotopic (exact) mass is 312 g/mol. The molecule has 0 radical (unpaired) electrons. The Hall–Kier alpha value is -1.07. The number of hydrogen-bond donors (Lipinski definition) is 2. The highest BCUT2D eigenvalue weighted by Gasteiger charge is 2.29. The van der Waals surface area contributed by atoms with E-state index in [1.54, 1.807) is 30.1 Å². The molecule has 2 rings (SSSR count). The molecule has 4 nitrogen and oxygen atoms in total. The molecule has 0 atom stereocenters. The molecule has 1 aromatic rings. The zero-order valence-electron chi connectivity index (χ0n) is 10.3. The Bertz CT molecular complexity index is 458. The minimum atomic E-state index is -0.177. The Morgan fingerprint density at radius 2 is 2.22 bits per heavy atom. The third kappa shape index (κ3) is 2.84. The van der Waals surface area contributed by atoms with E-state index in [1.807, 2.05) is 0 Å². The van der Waals surface area contributed by atoms with Crippen LogP contribution in [0.3, 0.4) is 0 Å². The zero-order chi connectivity index (χ0) is 13.3. The molecule has 5 heteroatoms. The molecule has 0 unspecified atom stereocenters. The Kier molecular flexibility index (Phi) is 3.92. The number of nitrogen functional groups attached to an aromatic ring is 1. The summed E-state index contributed by atoms with van der Waals surface area (Å²) in [4.78, 5) is 13.9. The van der Waals surface area contributed by atoms with Gasteiger partial charge in [-0.1, -0.05) is 0 Å². The van der Waals surface area contributed by atoms with E-state index in [0.29, 0.717) is 23.7 Å². The van der Waals surface area contributed by atoms with Crippen molar-refractivity contribution in [1.82, 2.24) is 4.90 Å². The second-order valence-corrected chi connectivity index (χ2v) is 5.77. The van der Waals surface area contributed by atoms with Gasteiger partial charge in [-0.15, -0.1) is 0 Å². The molecule has 1 amide bonds. The maximum Gasteiger partial charge on any atom is 0.253 e. The van der Waals surface area contributed by atoms with E-state index in [4.69, 9.17) is 5.73 Å². The standard InChI is InChI=1S/C13H17BrN2O2/c1-16(7-8-4-10(17)5-8)13(18)9-2-3-12(15)11(14)6-9/h2-3,6,8,10,17H,4-5,7,15H2,1H3. The summed E-state index contributed by atoms with van der Waals surface area (Å²) in [5.41, 5.74) is 6.94. The molecule has 0 aromatic heterocycles. The lowest BCUT2D eigenvalue weighted by molar-refractivity contribution is 0.0265. The van der Waals surface area contributed by atoms with Crippen LogP contribution in [0.4, 0.5) is 5.69 Å². The van der Waals surface area contributed by atoms with Crippen molar-refractivity contribution < 1.29 is 9.90 Å². The summed E-state index contributed by atoms with van der Waals surface area (Å²) < 4.78 is 0.737. The Morgan fingerprint density at radius 1 is 1.56 bits per heavy atom. The van der Waals surface area contributed by atoms with Gasteiger partial charge in [0.15, 0.2) is 0 Å². The van der Waals surface area contributed by atoms with Gasteiger partial charge in [0.1, 0.15) is 0 Å². The summed E-state index contributed by atoms with van der Waals surface area (Å²) in [6.45, 7) is 0.692. The van der Waals surface area contributed by atoms with Crippen molar-refractivity contribution >= 4 is 27.5 Å². The first-order valence-corrected chi connectivity index (χ1v) is 6.75. The van der Waals surface area contributed by atoms with Gasteiger partial charge in [0.2, 0.25) is 0 Å². The van der Waals surface area contributed by atoms with E-state index >= 15 is 0 Å². The highest BCUT2D eigenvalue weighted by molar-refractivity contribution is 9.10. The third-order valence-corrected chi connectivity index (χ3v) is 4.02. The second kappa shape index (κ2) is 5.28. The van der Waals surface area contributed by atoms with Crippen molar-refractivity contribution in [3.63, 3.8) is 0 Å². The number of carbonyl (C=O) groups excluding carboxylic acids is 1. The maximum atomic E-state index is 12.2. The number of halogens is 1. The van der Waals surface area contributed by atoms with Crippen LogP contribution in [0, 0.1) is 5.92 Å². The number of aliphatic hydroxyl groups excluding tert-OH is 1. The predicted octanol–water partition coefficient (Wildman–Crippen LogP) is 1.87. The van der Waals surface area contributed by atoms with Gasteiger partial charge in [0.05, 0.1) is 6.10 Å². The highest BCUT2D eigenvalue weighted by atomic mass is 79.9. The number of nitrogens with two attached hydrogens (primary N) is 1. The predicted molar refractivity (Wildman–Crippen MR) is 74.2 cm³/mol. The second-order valence-electron chi connectivity index (χ2n) is 4.91. The van der Waals surface area contributed by atoms with E-state index in [-0.39, 0.29) is 12.0 Å². The quantitative estimate of drug-likeness (QED) is 0.837. The van der Waals surface area contributed by atoms with Crippen LogP contribution in [0.5, 0.6) is 0 Å². The number of aliphatic hydroxyl groups is 1. The minimum Gasteiger partial charge on any atom is -0.398 e. The SMILES string of the molecule is CN(CC1CC(O)C1)C(=O)c1ccc(N)c(Br)c1. The van der Waals surface area contributed by atoms with Crippen LogP contribution in [0.1, 0.15) is 23.2 Å². The lowest BCUT2D eigenvalue weighted by Crippen LogP contribution is -2.39. The summed E-state index contributed by atoms with van der Waals surface area (Å²) in [6, 6.07) is 5.19. The first kappa shape index (κ1) is 13.4. The molecule has 0 bridgehead atoms. The molecule has 1 aromatic carbocycles. The molecular weight excluding hydrogens is 296 g/mol. The molecule has 0 spiro atoms. The Balaban J connectivity index is 1.99. The number of benzene rings is 1. The molecular formula is C13H17BrN2O2. The van der Waals surface area contributed by atoms with Crippen LogP contribution in [0.2, 0.25) is 0 Å². The van der Waals surface area contributed by atoms with Crippen molar-refractivity contribution in [2.45, 2.75) is 18.9 Å².